The van der Waals surface area contributed by atoms with Gasteiger partial charge < -0.3 is 4.74 Å². The number of carbonyl (C=O) groups excluding carboxylic acids is 3. The molecule has 0 atom stereocenters. The third-order valence-electron chi connectivity index (χ3n) is 4.89. The van der Waals surface area contributed by atoms with Crippen molar-refractivity contribution in [1.29, 1.82) is 0 Å². The second kappa shape index (κ2) is 8.31. The first kappa shape index (κ1) is 20.7. The number of benzene rings is 1. The van der Waals surface area contributed by atoms with Gasteiger partial charge in [-0.1, -0.05) is 23.7 Å². The highest BCUT2D eigenvalue weighted by atomic mass is 35.5. The maximum atomic E-state index is 12.5. The monoisotopic (exact) mass is 438 g/mol. The standard InChI is InChI=1S/C22H19ClN4O4/c1-13-12-14(2)27(25-13)18-9-8-17(23)19(24-18)22(30)31-11-5-10-26-20(28)15-6-3-4-7-16(15)21(26)29/h3-4,6-9,12H,5,10-11H2,1-2H3. The fraction of sp³-hybridized carbons (Fsp3) is 0.227. The molecule has 1 aliphatic rings. The predicted molar refractivity (Wildman–Crippen MR) is 113 cm³/mol. The maximum Gasteiger partial charge on any atom is 0.358 e. The van der Waals surface area contributed by atoms with Crippen LogP contribution >= 0.6 is 11.6 Å². The number of fused-ring (bicyclic) bond motifs is 1. The van der Waals surface area contributed by atoms with E-state index in [1.807, 2.05) is 19.9 Å². The van der Waals surface area contributed by atoms with Gasteiger partial charge in [-0.15, -0.1) is 0 Å². The minimum absolute atomic E-state index is 0.00831. The summed E-state index contributed by atoms with van der Waals surface area (Å²) < 4.78 is 6.89. The van der Waals surface area contributed by atoms with Crippen LogP contribution in [0, 0.1) is 13.8 Å². The Hall–Kier alpha value is -3.52. The van der Waals surface area contributed by atoms with Crippen molar-refractivity contribution in [2.45, 2.75) is 20.3 Å². The normalized spacial score (nSPS) is 12.9. The van der Waals surface area contributed by atoms with Gasteiger partial charge in [-0.05, 0) is 50.6 Å². The van der Waals surface area contributed by atoms with Crippen molar-refractivity contribution in [2.75, 3.05) is 13.2 Å². The van der Waals surface area contributed by atoms with E-state index in [0.717, 1.165) is 16.3 Å². The summed E-state index contributed by atoms with van der Waals surface area (Å²) in [4.78, 5) is 42.7. The van der Waals surface area contributed by atoms with E-state index in [1.165, 1.54) is 0 Å². The van der Waals surface area contributed by atoms with E-state index in [1.54, 1.807) is 41.1 Å². The van der Waals surface area contributed by atoms with Gasteiger partial charge in [0.25, 0.3) is 11.8 Å². The van der Waals surface area contributed by atoms with Crippen LogP contribution in [0.2, 0.25) is 5.02 Å². The Morgan fingerprint density at radius 2 is 1.74 bits per heavy atom. The van der Waals surface area contributed by atoms with Gasteiger partial charge in [-0.2, -0.15) is 5.10 Å². The van der Waals surface area contributed by atoms with E-state index in [-0.39, 0.29) is 35.7 Å². The van der Waals surface area contributed by atoms with Crippen molar-refractivity contribution in [3.8, 4) is 5.82 Å². The molecular formula is C22H19ClN4O4. The van der Waals surface area contributed by atoms with E-state index in [2.05, 4.69) is 10.1 Å². The molecule has 4 rings (SSSR count). The lowest BCUT2D eigenvalue weighted by atomic mass is 10.1. The van der Waals surface area contributed by atoms with Crippen LogP contribution in [0.15, 0.2) is 42.5 Å². The van der Waals surface area contributed by atoms with Crippen molar-refractivity contribution in [3.63, 3.8) is 0 Å². The molecule has 0 saturated heterocycles. The van der Waals surface area contributed by atoms with Crippen molar-refractivity contribution >= 4 is 29.4 Å². The molecule has 158 valence electrons. The Bertz CT molecular complexity index is 1170. The van der Waals surface area contributed by atoms with Gasteiger partial charge in [-0.3, -0.25) is 14.5 Å². The topological polar surface area (TPSA) is 94.4 Å². The third kappa shape index (κ3) is 3.94. The molecule has 0 saturated carbocycles. The molecule has 0 N–H and O–H groups in total. The van der Waals surface area contributed by atoms with Crippen LogP contribution in [-0.4, -0.2) is 50.6 Å². The molecule has 31 heavy (non-hydrogen) atoms. The Morgan fingerprint density at radius 1 is 1.06 bits per heavy atom. The lowest BCUT2D eigenvalue weighted by molar-refractivity contribution is 0.0476. The minimum atomic E-state index is -0.684. The number of pyridine rings is 1. The lowest BCUT2D eigenvalue weighted by Gasteiger charge is -2.13. The Morgan fingerprint density at radius 3 is 2.35 bits per heavy atom. The van der Waals surface area contributed by atoms with Crippen LogP contribution in [0.4, 0.5) is 0 Å². The van der Waals surface area contributed by atoms with E-state index in [0.29, 0.717) is 23.4 Å². The van der Waals surface area contributed by atoms with E-state index in [9.17, 15) is 14.4 Å². The summed E-state index contributed by atoms with van der Waals surface area (Å²) in [6, 6.07) is 11.8. The number of aromatic nitrogens is 3. The quantitative estimate of drug-likeness (QED) is 0.332. The molecule has 9 heteroatoms. The molecule has 0 spiro atoms. The second-order valence-corrected chi connectivity index (χ2v) is 7.54. The number of ether oxygens (including phenoxy) is 1. The molecule has 0 radical (unpaired) electrons. The summed E-state index contributed by atoms with van der Waals surface area (Å²) in [6.07, 6.45) is 0.298. The number of rotatable bonds is 6. The van der Waals surface area contributed by atoms with Gasteiger partial charge >= 0.3 is 5.97 Å². The molecule has 2 amide bonds. The number of carbonyl (C=O) groups is 3. The van der Waals surface area contributed by atoms with Crippen LogP contribution in [0.3, 0.4) is 0 Å². The van der Waals surface area contributed by atoms with Crippen LogP contribution in [0.1, 0.15) is 49.0 Å². The molecular weight excluding hydrogens is 420 g/mol. The van der Waals surface area contributed by atoms with Gasteiger partial charge in [0.05, 0.1) is 28.5 Å². The lowest BCUT2D eigenvalue weighted by Crippen LogP contribution is -2.31. The third-order valence-corrected chi connectivity index (χ3v) is 5.19. The molecule has 3 aromatic rings. The summed E-state index contributed by atoms with van der Waals surface area (Å²) in [5.74, 6) is -0.910. The fourth-order valence-corrected chi connectivity index (χ4v) is 3.63. The summed E-state index contributed by atoms with van der Waals surface area (Å²) in [5, 5.41) is 4.51. The number of esters is 1. The first-order valence-corrected chi connectivity index (χ1v) is 10.1. The molecule has 2 aromatic heterocycles. The van der Waals surface area contributed by atoms with Crippen LogP contribution < -0.4 is 0 Å². The number of nitrogens with zero attached hydrogens (tertiary/aromatic N) is 4. The highest BCUT2D eigenvalue weighted by Crippen LogP contribution is 2.23. The Kier molecular flexibility index (Phi) is 5.56. The Labute approximate surface area is 183 Å². The highest BCUT2D eigenvalue weighted by molar-refractivity contribution is 6.33. The second-order valence-electron chi connectivity index (χ2n) is 7.14. The van der Waals surface area contributed by atoms with Crippen molar-refractivity contribution in [2.24, 2.45) is 0 Å². The largest absolute Gasteiger partial charge is 0.461 e. The minimum Gasteiger partial charge on any atom is -0.461 e. The summed E-state index contributed by atoms with van der Waals surface area (Å²) in [7, 11) is 0. The zero-order valence-corrected chi connectivity index (χ0v) is 17.7. The number of hydrogen-bond donors (Lipinski definition) is 0. The first-order valence-electron chi connectivity index (χ1n) is 9.69. The molecule has 0 aliphatic carbocycles. The maximum absolute atomic E-state index is 12.5. The average Bonchev–Trinajstić information content (AvgIpc) is 3.22. The predicted octanol–water partition coefficient (Wildman–Crippen LogP) is 3.38. The van der Waals surface area contributed by atoms with Crippen molar-refractivity contribution in [3.05, 3.63) is 75.7 Å². The first-order chi connectivity index (χ1) is 14.9. The molecule has 1 aliphatic heterocycles. The van der Waals surface area contributed by atoms with E-state index in [4.69, 9.17) is 16.3 Å². The van der Waals surface area contributed by atoms with Crippen molar-refractivity contribution < 1.29 is 19.1 Å². The molecule has 3 heterocycles. The number of halogens is 1. The Balaban J connectivity index is 1.38. The average molecular weight is 439 g/mol. The molecule has 0 bridgehead atoms. The van der Waals surface area contributed by atoms with Gasteiger partial charge in [0.15, 0.2) is 11.5 Å². The number of aryl methyl sites for hydroxylation is 2. The molecule has 0 fully saturated rings. The number of imide groups is 1. The smallest absolute Gasteiger partial charge is 0.358 e. The number of hydrogen-bond acceptors (Lipinski definition) is 6. The van der Waals surface area contributed by atoms with Gasteiger partial charge in [0.1, 0.15) is 0 Å². The summed E-state index contributed by atoms with van der Waals surface area (Å²) >= 11 is 6.14. The zero-order valence-electron chi connectivity index (χ0n) is 17.0. The van der Waals surface area contributed by atoms with Gasteiger partial charge in [-0.25, -0.2) is 14.5 Å². The summed E-state index contributed by atoms with van der Waals surface area (Å²) in [6.45, 7) is 3.90. The molecule has 8 nitrogen and oxygen atoms in total. The van der Waals surface area contributed by atoms with E-state index < -0.39 is 5.97 Å². The fourth-order valence-electron chi connectivity index (χ4n) is 3.45. The van der Waals surface area contributed by atoms with Crippen molar-refractivity contribution in [1.82, 2.24) is 19.7 Å². The molecule has 0 unspecified atom stereocenters. The van der Waals surface area contributed by atoms with Crippen LogP contribution in [0.5, 0.6) is 0 Å². The SMILES string of the molecule is Cc1cc(C)n(-c2ccc(Cl)c(C(=O)OCCCN3C(=O)c4ccccc4C3=O)n2)n1. The van der Waals surface area contributed by atoms with Crippen LogP contribution in [0.25, 0.3) is 5.82 Å². The van der Waals surface area contributed by atoms with Gasteiger partial charge in [0.2, 0.25) is 0 Å². The van der Waals surface area contributed by atoms with Gasteiger partial charge in [0, 0.05) is 12.2 Å². The van der Waals surface area contributed by atoms with E-state index >= 15 is 0 Å². The summed E-state index contributed by atoms with van der Waals surface area (Å²) in [5.41, 5.74) is 2.45. The highest BCUT2D eigenvalue weighted by Gasteiger charge is 2.34. The van der Waals surface area contributed by atoms with Crippen LogP contribution in [-0.2, 0) is 4.74 Å². The molecule has 1 aromatic carbocycles. The zero-order chi connectivity index (χ0) is 22.1. The number of amides is 2.